The van der Waals surface area contributed by atoms with Crippen LogP contribution in [0.2, 0.25) is 5.02 Å². The number of benzene rings is 1. The normalized spacial score (nSPS) is 32.3. The van der Waals surface area contributed by atoms with Gasteiger partial charge in [-0.2, -0.15) is 0 Å². The first kappa shape index (κ1) is 18.0. The third-order valence-electron chi connectivity index (χ3n) is 5.44. The van der Waals surface area contributed by atoms with Gasteiger partial charge in [0.15, 0.2) is 0 Å². The lowest BCUT2D eigenvalue weighted by Crippen LogP contribution is -2.50. The number of halogens is 2. The van der Waals surface area contributed by atoms with E-state index in [1.165, 1.54) is 5.56 Å². The van der Waals surface area contributed by atoms with Crippen LogP contribution in [0.3, 0.4) is 0 Å². The van der Waals surface area contributed by atoms with Crippen molar-refractivity contribution < 1.29 is 4.79 Å². The van der Waals surface area contributed by atoms with Crippen LogP contribution in [0.25, 0.3) is 0 Å². The Kier molecular flexibility index (Phi) is 5.67. The van der Waals surface area contributed by atoms with Crippen LogP contribution < -0.4 is 16.2 Å². The van der Waals surface area contributed by atoms with Gasteiger partial charge in [-0.05, 0) is 43.5 Å². The molecular formula is C17H24Cl2N4O. The van der Waals surface area contributed by atoms with Crippen LogP contribution in [0.15, 0.2) is 24.3 Å². The number of nitrogens with zero attached hydrogens (tertiary/aromatic N) is 1. The van der Waals surface area contributed by atoms with Crippen molar-refractivity contribution in [2.24, 2.45) is 5.92 Å². The Balaban J connectivity index is 0.00000169. The van der Waals surface area contributed by atoms with Crippen molar-refractivity contribution in [1.29, 1.82) is 0 Å². The standard InChI is InChI=1S/C17H23ClN4O.ClH/c18-12-5-3-11(4-6-12)15-2-1-9-22(15)17(23)16-13-10-19-8-7-14(13)20-21-16;/h3-6,13-16,19-21H,1-2,7-10H2;1H. The van der Waals surface area contributed by atoms with Crippen molar-refractivity contribution in [1.82, 2.24) is 21.1 Å². The van der Waals surface area contributed by atoms with Crippen molar-refractivity contribution >= 4 is 29.9 Å². The summed E-state index contributed by atoms with van der Waals surface area (Å²) in [6.07, 6.45) is 3.16. The number of carbonyl (C=O) groups is 1. The summed E-state index contributed by atoms with van der Waals surface area (Å²) in [5.41, 5.74) is 7.76. The molecule has 0 spiro atoms. The first-order valence-corrected chi connectivity index (χ1v) is 8.89. The van der Waals surface area contributed by atoms with Crippen LogP contribution >= 0.6 is 24.0 Å². The Hall–Kier alpha value is -0.850. The Bertz CT molecular complexity index is 582. The highest BCUT2D eigenvalue weighted by Crippen LogP contribution is 2.34. The fourth-order valence-corrected chi connectivity index (χ4v) is 4.33. The molecule has 4 rings (SSSR count). The smallest absolute Gasteiger partial charge is 0.241 e. The van der Waals surface area contributed by atoms with Gasteiger partial charge in [-0.25, -0.2) is 5.43 Å². The van der Waals surface area contributed by atoms with Crippen LogP contribution in [-0.2, 0) is 4.79 Å². The minimum absolute atomic E-state index is 0. The van der Waals surface area contributed by atoms with Gasteiger partial charge >= 0.3 is 0 Å². The summed E-state index contributed by atoms with van der Waals surface area (Å²) < 4.78 is 0. The summed E-state index contributed by atoms with van der Waals surface area (Å²) in [7, 11) is 0. The van der Waals surface area contributed by atoms with Crippen LogP contribution in [0.4, 0.5) is 0 Å². The third kappa shape index (κ3) is 3.28. The largest absolute Gasteiger partial charge is 0.334 e. The highest BCUT2D eigenvalue weighted by molar-refractivity contribution is 6.30. The molecule has 0 radical (unpaired) electrons. The number of rotatable bonds is 2. The van der Waals surface area contributed by atoms with Crippen molar-refractivity contribution in [3.63, 3.8) is 0 Å². The molecular weight excluding hydrogens is 347 g/mol. The number of likely N-dealkylation sites (tertiary alicyclic amines) is 1. The molecule has 1 aromatic rings. The molecule has 132 valence electrons. The second-order valence-corrected chi connectivity index (χ2v) is 7.21. The molecule has 3 aliphatic heterocycles. The second kappa shape index (κ2) is 7.58. The molecule has 0 aromatic heterocycles. The van der Waals surface area contributed by atoms with Gasteiger partial charge in [0.1, 0.15) is 6.04 Å². The van der Waals surface area contributed by atoms with E-state index >= 15 is 0 Å². The van der Waals surface area contributed by atoms with Gasteiger partial charge in [0.05, 0.1) is 6.04 Å². The van der Waals surface area contributed by atoms with Crippen LogP contribution in [0.5, 0.6) is 0 Å². The molecule has 3 fully saturated rings. The molecule has 3 saturated heterocycles. The molecule has 5 nitrogen and oxygen atoms in total. The quantitative estimate of drug-likeness (QED) is 0.743. The predicted molar refractivity (Wildman–Crippen MR) is 97.2 cm³/mol. The maximum atomic E-state index is 13.1. The highest BCUT2D eigenvalue weighted by atomic mass is 35.5. The summed E-state index contributed by atoms with van der Waals surface area (Å²) in [4.78, 5) is 15.2. The number of piperidine rings is 1. The van der Waals surface area contributed by atoms with Gasteiger partial charge in [-0.1, -0.05) is 23.7 Å². The molecule has 24 heavy (non-hydrogen) atoms. The van der Waals surface area contributed by atoms with E-state index in [1.54, 1.807) is 0 Å². The van der Waals surface area contributed by atoms with E-state index in [-0.39, 0.29) is 30.4 Å². The zero-order valence-corrected chi connectivity index (χ0v) is 15.1. The maximum Gasteiger partial charge on any atom is 0.241 e. The molecule has 3 N–H and O–H groups in total. The second-order valence-electron chi connectivity index (χ2n) is 6.77. The van der Waals surface area contributed by atoms with Crippen LogP contribution in [-0.4, -0.2) is 42.5 Å². The molecule has 1 aromatic carbocycles. The first-order valence-electron chi connectivity index (χ1n) is 8.52. The molecule has 0 saturated carbocycles. The molecule has 4 atom stereocenters. The molecule has 0 aliphatic carbocycles. The number of fused-ring (bicyclic) bond motifs is 1. The third-order valence-corrected chi connectivity index (χ3v) is 5.69. The Morgan fingerprint density at radius 2 is 1.96 bits per heavy atom. The van der Waals surface area contributed by atoms with Crippen molar-refractivity contribution in [3.8, 4) is 0 Å². The van der Waals surface area contributed by atoms with Crippen LogP contribution in [0, 0.1) is 5.92 Å². The average molecular weight is 371 g/mol. The number of nitrogens with one attached hydrogen (secondary N) is 3. The topological polar surface area (TPSA) is 56.4 Å². The average Bonchev–Trinajstić information content (AvgIpc) is 3.22. The highest BCUT2D eigenvalue weighted by Gasteiger charge is 2.44. The number of hydrogen-bond acceptors (Lipinski definition) is 4. The van der Waals surface area contributed by atoms with Crippen LogP contribution in [0.1, 0.15) is 30.9 Å². The van der Waals surface area contributed by atoms with E-state index in [0.29, 0.717) is 12.0 Å². The van der Waals surface area contributed by atoms with Gasteiger partial charge in [-0.15, -0.1) is 12.4 Å². The Labute approximate surface area is 153 Å². The lowest BCUT2D eigenvalue weighted by Gasteiger charge is -2.32. The summed E-state index contributed by atoms with van der Waals surface area (Å²) in [6.45, 7) is 2.77. The number of amides is 1. The van der Waals surface area contributed by atoms with E-state index in [0.717, 1.165) is 43.9 Å². The predicted octanol–water partition coefficient (Wildman–Crippen LogP) is 1.88. The van der Waals surface area contributed by atoms with Gasteiger partial charge in [0.2, 0.25) is 5.91 Å². The summed E-state index contributed by atoms with van der Waals surface area (Å²) in [5.74, 6) is 0.564. The SMILES string of the molecule is Cl.O=C(C1NNC2CCNCC21)N1CCCC1c1ccc(Cl)cc1. The van der Waals surface area contributed by atoms with Crippen molar-refractivity contribution in [2.45, 2.75) is 37.4 Å². The van der Waals surface area contributed by atoms with Crippen molar-refractivity contribution in [3.05, 3.63) is 34.9 Å². The van der Waals surface area contributed by atoms with E-state index in [2.05, 4.69) is 21.1 Å². The molecule has 0 bridgehead atoms. The Morgan fingerprint density at radius 3 is 2.75 bits per heavy atom. The Morgan fingerprint density at radius 1 is 1.17 bits per heavy atom. The summed E-state index contributed by atoms with van der Waals surface area (Å²) in [5, 5.41) is 4.15. The lowest BCUT2D eigenvalue weighted by atomic mass is 9.88. The maximum absolute atomic E-state index is 13.1. The summed E-state index contributed by atoms with van der Waals surface area (Å²) in [6, 6.07) is 8.37. The zero-order chi connectivity index (χ0) is 15.8. The fourth-order valence-electron chi connectivity index (χ4n) is 4.20. The minimum atomic E-state index is -0.124. The van der Waals surface area contributed by atoms with E-state index in [4.69, 9.17) is 11.6 Å². The molecule has 4 unspecified atom stereocenters. The molecule has 3 aliphatic rings. The number of hydrazine groups is 1. The molecule has 7 heteroatoms. The molecule has 1 amide bonds. The fraction of sp³-hybridized carbons (Fsp3) is 0.588. The van der Waals surface area contributed by atoms with E-state index in [9.17, 15) is 4.79 Å². The molecule has 3 heterocycles. The van der Waals surface area contributed by atoms with Crippen molar-refractivity contribution in [2.75, 3.05) is 19.6 Å². The minimum Gasteiger partial charge on any atom is -0.334 e. The van der Waals surface area contributed by atoms with Gasteiger partial charge in [0.25, 0.3) is 0 Å². The first-order chi connectivity index (χ1) is 11.2. The van der Waals surface area contributed by atoms with Gasteiger partial charge in [-0.3, -0.25) is 10.2 Å². The monoisotopic (exact) mass is 370 g/mol. The number of hydrogen-bond donors (Lipinski definition) is 3. The summed E-state index contributed by atoms with van der Waals surface area (Å²) >= 11 is 5.99. The van der Waals surface area contributed by atoms with E-state index < -0.39 is 0 Å². The zero-order valence-electron chi connectivity index (χ0n) is 13.5. The van der Waals surface area contributed by atoms with Gasteiger partial charge < -0.3 is 10.2 Å². The lowest BCUT2D eigenvalue weighted by molar-refractivity contribution is -0.135. The van der Waals surface area contributed by atoms with E-state index in [1.807, 2.05) is 24.3 Å². The number of carbonyl (C=O) groups excluding carboxylic acids is 1. The van der Waals surface area contributed by atoms with Gasteiger partial charge in [0, 0.05) is 30.1 Å².